The fraction of sp³-hybridized carbons (Fsp3) is 0.263. The summed E-state index contributed by atoms with van der Waals surface area (Å²) in [5.41, 5.74) is 1.35. The molecule has 0 aliphatic carbocycles. The molecule has 1 unspecified atom stereocenters. The summed E-state index contributed by atoms with van der Waals surface area (Å²) in [6, 6.07) is 16.2. The minimum Gasteiger partial charge on any atom is -0.484 e. The normalized spacial score (nSPS) is 11.4. The lowest BCUT2D eigenvalue weighted by atomic mass is 10.1. The molecule has 0 saturated carbocycles. The molecule has 0 saturated heterocycles. The summed E-state index contributed by atoms with van der Waals surface area (Å²) in [4.78, 5) is 23.9. The Morgan fingerprint density at radius 1 is 1.00 bits per heavy atom. The van der Waals surface area contributed by atoms with E-state index in [0.717, 1.165) is 5.69 Å². The highest BCUT2D eigenvalue weighted by Crippen LogP contribution is 2.18. The molecule has 6 heteroatoms. The Morgan fingerprint density at radius 2 is 1.72 bits per heavy atom. The van der Waals surface area contributed by atoms with Crippen molar-refractivity contribution < 1.29 is 14.3 Å². The molecule has 2 amide bonds. The van der Waals surface area contributed by atoms with Crippen molar-refractivity contribution in [3.8, 4) is 5.75 Å². The van der Waals surface area contributed by atoms with E-state index in [-0.39, 0.29) is 24.3 Å². The topological polar surface area (TPSA) is 79.5 Å². The average Bonchev–Trinajstić information content (AvgIpc) is 2.61. The van der Waals surface area contributed by atoms with Gasteiger partial charge in [0.05, 0.1) is 0 Å². The van der Waals surface area contributed by atoms with Crippen LogP contribution in [0.1, 0.15) is 6.92 Å². The monoisotopic (exact) mass is 341 g/mol. The smallest absolute Gasteiger partial charge is 0.262 e. The molecule has 0 aliphatic rings. The predicted octanol–water partition coefficient (Wildman–Crippen LogP) is 2.50. The van der Waals surface area contributed by atoms with E-state index < -0.39 is 0 Å². The van der Waals surface area contributed by atoms with Crippen molar-refractivity contribution in [2.75, 3.05) is 30.8 Å². The molecule has 0 aliphatic heterocycles. The lowest BCUT2D eigenvalue weighted by molar-refractivity contribution is -0.119. The van der Waals surface area contributed by atoms with Gasteiger partial charge in [-0.25, -0.2) is 0 Å². The van der Waals surface area contributed by atoms with Crippen LogP contribution >= 0.6 is 0 Å². The standard InChI is InChI=1S/C19H23N3O3/c1-14(12-20-2)19(24)22-16-9-6-10-17(11-16)25-13-18(23)21-15-7-4-3-5-8-15/h3-11,14,20H,12-13H2,1-2H3,(H,21,23)(H,22,24). The van der Waals surface area contributed by atoms with Gasteiger partial charge in [0.1, 0.15) is 5.75 Å². The zero-order valence-electron chi connectivity index (χ0n) is 14.4. The summed E-state index contributed by atoms with van der Waals surface area (Å²) < 4.78 is 5.49. The number of anilines is 2. The number of carbonyl (C=O) groups is 2. The first-order valence-corrected chi connectivity index (χ1v) is 8.11. The number of amides is 2. The quantitative estimate of drug-likeness (QED) is 0.689. The van der Waals surface area contributed by atoms with E-state index in [4.69, 9.17) is 4.74 Å². The Bertz CT molecular complexity index is 704. The van der Waals surface area contributed by atoms with Crippen LogP contribution in [0.15, 0.2) is 54.6 Å². The van der Waals surface area contributed by atoms with Crippen molar-refractivity contribution >= 4 is 23.2 Å². The van der Waals surface area contributed by atoms with E-state index in [1.54, 1.807) is 43.4 Å². The largest absolute Gasteiger partial charge is 0.484 e. The first-order valence-electron chi connectivity index (χ1n) is 8.11. The third kappa shape index (κ3) is 6.27. The number of rotatable bonds is 8. The van der Waals surface area contributed by atoms with E-state index >= 15 is 0 Å². The number of para-hydroxylation sites is 1. The van der Waals surface area contributed by atoms with Crippen molar-refractivity contribution in [3.05, 3.63) is 54.6 Å². The third-order valence-corrected chi connectivity index (χ3v) is 3.49. The Hall–Kier alpha value is -2.86. The predicted molar refractivity (Wildman–Crippen MR) is 98.7 cm³/mol. The molecule has 0 spiro atoms. The highest BCUT2D eigenvalue weighted by atomic mass is 16.5. The average molecular weight is 341 g/mol. The molecule has 2 rings (SSSR count). The van der Waals surface area contributed by atoms with Crippen LogP contribution in [-0.4, -0.2) is 32.0 Å². The number of nitrogens with one attached hydrogen (secondary N) is 3. The van der Waals surface area contributed by atoms with Crippen LogP contribution in [0.25, 0.3) is 0 Å². The van der Waals surface area contributed by atoms with E-state index in [1.165, 1.54) is 0 Å². The van der Waals surface area contributed by atoms with Gasteiger partial charge in [-0.1, -0.05) is 31.2 Å². The molecular formula is C19H23N3O3. The number of carbonyl (C=O) groups excluding carboxylic acids is 2. The van der Waals surface area contributed by atoms with Crippen molar-refractivity contribution in [3.63, 3.8) is 0 Å². The molecule has 0 radical (unpaired) electrons. The van der Waals surface area contributed by atoms with Crippen LogP contribution in [0.2, 0.25) is 0 Å². The number of hydrogen-bond acceptors (Lipinski definition) is 4. The van der Waals surface area contributed by atoms with Gasteiger partial charge in [-0.3, -0.25) is 9.59 Å². The van der Waals surface area contributed by atoms with E-state index in [9.17, 15) is 9.59 Å². The molecule has 2 aromatic rings. The SMILES string of the molecule is CNCC(C)C(=O)Nc1cccc(OCC(=O)Nc2ccccc2)c1. The minimum absolute atomic E-state index is 0.0756. The summed E-state index contributed by atoms with van der Waals surface area (Å²) in [5, 5.41) is 8.55. The molecule has 0 fully saturated rings. The lowest BCUT2D eigenvalue weighted by Crippen LogP contribution is -2.28. The highest BCUT2D eigenvalue weighted by Gasteiger charge is 2.12. The molecule has 6 nitrogen and oxygen atoms in total. The van der Waals surface area contributed by atoms with E-state index in [1.807, 2.05) is 25.1 Å². The third-order valence-electron chi connectivity index (χ3n) is 3.49. The van der Waals surface area contributed by atoms with Crippen LogP contribution in [0.5, 0.6) is 5.75 Å². The van der Waals surface area contributed by atoms with Gasteiger partial charge in [-0.05, 0) is 31.3 Å². The summed E-state index contributed by atoms with van der Waals surface area (Å²) in [5.74, 6) is 0.0464. The van der Waals surface area contributed by atoms with Crippen LogP contribution in [-0.2, 0) is 9.59 Å². The second-order valence-electron chi connectivity index (χ2n) is 5.68. The maximum Gasteiger partial charge on any atom is 0.262 e. The van der Waals surface area contributed by atoms with E-state index in [0.29, 0.717) is 18.0 Å². The second-order valence-corrected chi connectivity index (χ2v) is 5.68. The van der Waals surface area contributed by atoms with Crippen LogP contribution < -0.4 is 20.7 Å². The van der Waals surface area contributed by atoms with Crippen molar-refractivity contribution in [1.82, 2.24) is 5.32 Å². The van der Waals surface area contributed by atoms with Gasteiger partial charge >= 0.3 is 0 Å². The van der Waals surface area contributed by atoms with Crippen molar-refractivity contribution in [2.24, 2.45) is 5.92 Å². The van der Waals surface area contributed by atoms with Crippen LogP contribution in [0.4, 0.5) is 11.4 Å². The van der Waals surface area contributed by atoms with Crippen molar-refractivity contribution in [2.45, 2.75) is 6.92 Å². The minimum atomic E-state index is -0.247. The zero-order chi connectivity index (χ0) is 18.1. The van der Waals surface area contributed by atoms with Gasteiger partial charge in [0, 0.05) is 29.9 Å². The van der Waals surface area contributed by atoms with Gasteiger partial charge in [-0.15, -0.1) is 0 Å². The summed E-state index contributed by atoms with van der Waals surface area (Å²) in [7, 11) is 1.80. The summed E-state index contributed by atoms with van der Waals surface area (Å²) in [6.07, 6.45) is 0. The molecular weight excluding hydrogens is 318 g/mol. The van der Waals surface area contributed by atoms with Gasteiger partial charge in [0.2, 0.25) is 5.91 Å². The molecule has 3 N–H and O–H groups in total. The summed E-state index contributed by atoms with van der Waals surface area (Å²) in [6.45, 7) is 2.34. The highest BCUT2D eigenvalue weighted by molar-refractivity contribution is 5.93. The van der Waals surface area contributed by atoms with E-state index in [2.05, 4.69) is 16.0 Å². The maximum absolute atomic E-state index is 12.0. The Balaban J connectivity index is 1.86. The second kappa shape index (κ2) is 9.44. The van der Waals surface area contributed by atoms with Crippen LogP contribution in [0, 0.1) is 5.92 Å². The first kappa shape index (κ1) is 18.5. The Kier molecular flexibility index (Phi) is 6.98. The molecule has 0 bridgehead atoms. The molecule has 0 heterocycles. The van der Waals surface area contributed by atoms with Gasteiger partial charge in [0.15, 0.2) is 6.61 Å². The molecule has 2 aromatic carbocycles. The number of benzene rings is 2. The van der Waals surface area contributed by atoms with Gasteiger partial charge in [0.25, 0.3) is 5.91 Å². The zero-order valence-corrected chi connectivity index (χ0v) is 14.4. The Labute approximate surface area is 147 Å². The van der Waals surface area contributed by atoms with Gasteiger partial charge in [-0.2, -0.15) is 0 Å². The van der Waals surface area contributed by atoms with Crippen molar-refractivity contribution in [1.29, 1.82) is 0 Å². The maximum atomic E-state index is 12.0. The molecule has 1 atom stereocenters. The fourth-order valence-corrected chi connectivity index (χ4v) is 2.20. The first-order chi connectivity index (χ1) is 12.1. The number of hydrogen-bond donors (Lipinski definition) is 3. The lowest BCUT2D eigenvalue weighted by Gasteiger charge is -2.13. The summed E-state index contributed by atoms with van der Waals surface area (Å²) >= 11 is 0. The van der Waals surface area contributed by atoms with Gasteiger partial charge < -0.3 is 20.7 Å². The molecule has 25 heavy (non-hydrogen) atoms. The van der Waals surface area contributed by atoms with Crippen LogP contribution in [0.3, 0.4) is 0 Å². The fourth-order valence-electron chi connectivity index (χ4n) is 2.20. The molecule has 0 aromatic heterocycles. The number of ether oxygens (including phenoxy) is 1. The molecule has 132 valence electrons. The Morgan fingerprint density at radius 3 is 2.44 bits per heavy atom.